The fourth-order valence-electron chi connectivity index (χ4n) is 1.35. The highest BCUT2D eigenvalue weighted by atomic mass is 35.5. The van der Waals surface area contributed by atoms with Crippen molar-refractivity contribution in [3.63, 3.8) is 0 Å². The van der Waals surface area contributed by atoms with Crippen molar-refractivity contribution >= 4 is 35.6 Å². The molecule has 4 nitrogen and oxygen atoms in total. The van der Waals surface area contributed by atoms with Crippen molar-refractivity contribution in [1.29, 1.82) is 0 Å². The van der Waals surface area contributed by atoms with Crippen LogP contribution in [-0.2, 0) is 9.53 Å². The maximum absolute atomic E-state index is 11.6. The van der Waals surface area contributed by atoms with Gasteiger partial charge in [0.15, 0.2) is 0 Å². The molecule has 0 spiro atoms. The molecular formula is C12H18Cl2N2O2. The molecule has 6 heteroatoms. The maximum atomic E-state index is 11.6. The zero-order valence-electron chi connectivity index (χ0n) is 10.4. The van der Waals surface area contributed by atoms with E-state index < -0.39 is 0 Å². The fraction of sp³-hybridized carbons (Fsp3) is 0.417. The number of methoxy groups -OCH3 is 1. The summed E-state index contributed by atoms with van der Waals surface area (Å²) in [6.07, 6.45) is -0.0192. The minimum atomic E-state index is -0.254. The highest BCUT2D eigenvalue weighted by molar-refractivity contribution is 6.31. The molecule has 18 heavy (non-hydrogen) atoms. The summed E-state index contributed by atoms with van der Waals surface area (Å²) in [6, 6.07) is 5.39. The van der Waals surface area contributed by atoms with Gasteiger partial charge in [0.1, 0.15) is 0 Å². The quantitative estimate of drug-likeness (QED) is 0.876. The first-order valence-electron chi connectivity index (χ1n) is 5.35. The first-order chi connectivity index (χ1) is 8.06. The van der Waals surface area contributed by atoms with Crippen LogP contribution < -0.4 is 11.1 Å². The van der Waals surface area contributed by atoms with Gasteiger partial charge in [-0.15, -0.1) is 12.4 Å². The number of nitrogens with two attached hydrogens (primary N) is 1. The van der Waals surface area contributed by atoms with Gasteiger partial charge in [-0.3, -0.25) is 4.79 Å². The number of hydrogen-bond acceptors (Lipinski definition) is 3. The van der Waals surface area contributed by atoms with Gasteiger partial charge in [-0.25, -0.2) is 0 Å². The Morgan fingerprint density at radius 3 is 2.72 bits per heavy atom. The standard InChI is InChI=1S/C12H17ClN2O2.ClH/c1-8-3-4-9(5-11(8)13)15-12(16)6-10(7-14)17-2;/h3-5,10H,6-7,14H2,1-2H3,(H,15,16);1H. The summed E-state index contributed by atoms with van der Waals surface area (Å²) >= 11 is 5.96. The van der Waals surface area contributed by atoms with Crippen LogP contribution in [-0.4, -0.2) is 25.7 Å². The van der Waals surface area contributed by atoms with Crippen LogP contribution in [0, 0.1) is 6.92 Å². The van der Waals surface area contributed by atoms with E-state index in [-0.39, 0.29) is 30.8 Å². The van der Waals surface area contributed by atoms with Crippen LogP contribution >= 0.6 is 24.0 Å². The molecule has 0 saturated carbocycles. The Morgan fingerprint density at radius 1 is 1.56 bits per heavy atom. The Bertz CT molecular complexity index is 396. The minimum Gasteiger partial charge on any atom is -0.380 e. The van der Waals surface area contributed by atoms with Crippen LogP contribution in [0.2, 0.25) is 5.02 Å². The molecule has 0 aromatic heterocycles. The third-order valence-electron chi connectivity index (χ3n) is 2.46. The van der Waals surface area contributed by atoms with E-state index in [1.807, 2.05) is 19.1 Å². The predicted octanol–water partition coefficient (Wildman–Crippen LogP) is 2.37. The monoisotopic (exact) mass is 292 g/mol. The van der Waals surface area contributed by atoms with Crippen LogP contribution in [0.1, 0.15) is 12.0 Å². The van der Waals surface area contributed by atoms with Crippen molar-refractivity contribution in [1.82, 2.24) is 0 Å². The van der Waals surface area contributed by atoms with Crippen LogP contribution in [0.15, 0.2) is 18.2 Å². The van der Waals surface area contributed by atoms with Crippen molar-refractivity contribution in [2.45, 2.75) is 19.4 Å². The molecule has 1 atom stereocenters. The smallest absolute Gasteiger partial charge is 0.227 e. The van der Waals surface area contributed by atoms with E-state index in [2.05, 4.69) is 5.32 Å². The maximum Gasteiger partial charge on any atom is 0.227 e. The van der Waals surface area contributed by atoms with Crippen LogP contribution in [0.5, 0.6) is 0 Å². The normalized spacial score (nSPS) is 11.6. The van der Waals surface area contributed by atoms with Crippen LogP contribution in [0.25, 0.3) is 0 Å². The van der Waals surface area contributed by atoms with Crippen LogP contribution in [0.3, 0.4) is 0 Å². The summed E-state index contributed by atoms with van der Waals surface area (Å²) in [6.45, 7) is 2.22. The second kappa shape index (κ2) is 8.32. The average molecular weight is 293 g/mol. The molecule has 0 fully saturated rings. The average Bonchev–Trinajstić information content (AvgIpc) is 2.31. The highest BCUT2D eigenvalue weighted by Crippen LogP contribution is 2.20. The number of carbonyl (C=O) groups is 1. The number of amides is 1. The molecule has 0 heterocycles. The van der Waals surface area contributed by atoms with E-state index in [0.717, 1.165) is 5.56 Å². The Hall–Kier alpha value is -0.810. The Kier molecular flexibility index (Phi) is 7.95. The minimum absolute atomic E-state index is 0. The lowest BCUT2D eigenvalue weighted by Gasteiger charge is -2.12. The molecule has 102 valence electrons. The molecule has 0 saturated heterocycles. The van der Waals surface area contributed by atoms with Gasteiger partial charge in [0.2, 0.25) is 5.91 Å². The van der Waals surface area contributed by atoms with E-state index in [1.54, 1.807) is 6.07 Å². The molecule has 3 N–H and O–H groups in total. The van der Waals surface area contributed by atoms with E-state index in [1.165, 1.54) is 7.11 Å². The summed E-state index contributed by atoms with van der Waals surface area (Å²) in [5.41, 5.74) is 7.09. The number of nitrogens with one attached hydrogen (secondary N) is 1. The SMILES string of the molecule is COC(CN)CC(=O)Nc1ccc(C)c(Cl)c1.Cl. The molecule has 1 aromatic carbocycles. The van der Waals surface area contributed by atoms with Gasteiger partial charge < -0.3 is 15.8 Å². The fourth-order valence-corrected chi connectivity index (χ4v) is 1.53. The predicted molar refractivity (Wildman–Crippen MR) is 76.5 cm³/mol. The molecule has 0 aliphatic rings. The Balaban J connectivity index is 0.00000289. The van der Waals surface area contributed by atoms with Gasteiger partial charge in [0, 0.05) is 24.4 Å². The zero-order valence-corrected chi connectivity index (χ0v) is 12.0. The zero-order chi connectivity index (χ0) is 12.8. The van der Waals surface area contributed by atoms with Crippen molar-refractivity contribution in [3.8, 4) is 0 Å². The lowest BCUT2D eigenvalue weighted by molar-refractivity contribution is -0.118. The second-order valence-electron chi connectivity index (χ2n) is 3.81. The topological polar surface area (TPSA) is 64.3 Å². The van der Waals surface area contributed by atoms with Crippen molar-refractivity contribution in [2.75, 3.05) is 19.0 Å². The van der Waals surface area contributed by atoms with Gasteiger partial charge in [0.25, 0.3) is 0 Å². The summed E-state index contributed by atoms with van der Waals surface area (Å²) in [5.74, 6) is -0.137. The number of hydrogen-bond donors (Lipinski definition) is 2. The van der Waals surface area contributed by atoms with Crippen molar-refractivity contribution < 1.29 is 9.53 Å². The van der Waals surface area contributed by atoms with Gasteiger partial charge in [-0.1, -0.05) is 17.7 Å². The lowest BCUT2D eigenvalue weighted by atomic mass is 10.2. The summed E-state index contributed by atoms with van der Waals surface area (Å²) in [5, 5.41) is 3.38. The van der Waals surface area contributed by atoms with E-state index in [9.17, 15) is 4.79 Å². The van der Waals surface area contributed by atoms with Gasteiger partial charge in [-0.05, 0) is 24.6 Å². The molecule has 1 rings (SSSR count). The van der Waals surface area contributed by atoms with Crippen molar-refractivity contribution in [2.24, 2.45) is 5.73 Å². The van der Waals surface area contributed by atoms with E-state index in [4.69, 9.17) is 22.1 Å². The molecule has 0 aliphatic heterocycles. The molecule has 0 aliphatic carbocycles. The van der Waals surface area contributed by atoms with Gasteiger partial charge in [0.05, 0.1) is 12.5 Å². The number of halogens is 2. The molecular weight excluding hydrogens is 275 g/mol. The summed E-state index contributed by atoms with van der Waals surface area (Å²) in [7, 11) is 1.54. The molecule has 1 amide bonds. The van der Waals surface area contributed by atoms with E-state index >= 15 is 0 Å². The highest BCUT2D eigenvalue weighted by Gasteiger charge is 2.11. The number of ether oxygens (including phenoxy) is 1. The van der Waals surface area contributed by atoms with Crippen LogP contribution in [0.4, 0.5) is 5.69 Å². The first-order valence-corrected chi connectivity index (χ1v) is 5.73. The lowest BCUT2D eigenvalue weighted by Crippen LogP contribution is -2.28. The molecule has 0 radical (unpaired) electrons. The summed E-state index contributed by atoms with van der Waals surface area (Å²) < 4.78 is 5.04. The third kappa shape index (κ3) is 5.23. The van der Waals surface area contributed by atoms with Crippen molar-refractivity contribution in [3.05, 3.63) is 28.8 Å². The number of aryl methyl sites for hydroxylation is 1. The Labute approximate surface area is 118 Å². The number of anilines is 1. The van der Waals surface area contributed by atoms with Gasteiger partial charge >= 0.3 is 0 Å². The number of rotatable bonds is 5. The third-order valence-corrected chi connectivity index (χ3v) is 2.87. The molecule has 1 unspecified atom stereocenters. The van der Waals surface area contributed by atoms with Gasteiger partial charge in [-0.2, -0.15) is 0 Å². The second-order valence-corrected chi connectivity index (χ2v) is 4.22. The number of carbonyl (C=O) groups excluding carboxylic acids is 1. The first kappa shape index (κ1) is 17.2. The molecule has 0 bridgehead atoms. The molecule has 1 aromatic rings. The van der Waals surface area contributed by atoms with E-state index in [0.29, 0.717) is 17.3 Å². The number of benzene rings is 1. The summed E-state index contributed by atoms with van der Waals surface area (Å²) in [4.78, 5) is 11.6. The largest absolute Gasteiger partial charge is 0.380 e. The Morgan fingerprint density at radius 2 is 2.22 bits per heavy atom.